The van der Waals surface area contributed by atoms with E-state index in [9.17, 15) is 9.90 Å². The van der Waals surface area contributed by atoms with Gasteiger partial charge in [0.2, 0.25) is 5.91 Å². The minimum Gasteiger partial charge on any atom is -0.507 e. The lowest BCUT2D eigenvalue weighted by Gasteiger charge is -2.38. The number of carbonyl (C=O) groups excluding carboxylic acids is 1. The fraction of sp³-hybridized carbons (Fsp3) is 0.441. The van der Waals surface area contributed by atoms with Gasteiger partial charge >= 0.3 is 0 Å². The summed E-state index contributed by atoms with van der Waals surface area (Å²) >= 11 is 0. The van der Waals surface area contributed by atoms with E-state index >= 15 is 0 Å². The number of rotatable bonds is 8. The molecule has 0 radical (unpaired) electrons. The van der Waals surface area contributed by atoms with Crippen molar-refractivity contribution in [2.45, 2.75) is 78.2 Å². The van der Waals surface area contributed by atoms with E-state index < -0.39 is 0 Å². The van der Waals surface area contributed by atoms with Gasteiger partial charge < -0.3 is 14.9 Å². The fourth-order valence-electron chi connectivity index (χ4n) is 5.16. The van der Waals surface area contributed by atoms with Gasteiger partial charge in [0.1, 0.15) is 5.75 Å². The van der Waals surface area contributed by atoms with Crippen LogP contribution in [0, 0.1) is 0 Å². The van der Waals surface area contributed by atoms with Crippen LogP contribution in [0.25, 0.3) is 0 Å². The molecule has 0 bridgehead atoms. The topological polar surface area (TPSA) is 43.8 Å². The van der Waals surface area contributed by atoms with E-state index in [4.69, 9.17) is 0 Å². The van der Waals surface area contributed by atoms with E-state index in [0.29, 0.717) is 30.0 Å². The molecule has 1 aliphatic heterocycles. The van der Waals surface area contributed by atoms with Gasteiger partial charge in [0, 0.05) is 37.8 Å². The van der Waals surface area contributed by atoms with Crippen molar-refractivity contribution in [3.05, 3.63) is 95.6 Å². The Bertz CT molecular complexity index is 1080. The summed E-state index contributed by atoms with van der Waals surface area (Å²) < 4.78 is 0. The standard InChI is InChI=1S/C22H28N2O.C12H18O/c1-2-22(25)24(20-11-7-4-8-12-20)21-14-17-23(18-15-21)16-13-19-9-5-3-6-10-19;1-8(2)10-6-5-7-11(9(3)4)12(10)13/h3-12,21H,2,13-18H2,1H3;5-9,13H,1-4H3. The summed E-state index contributed by atoms with van der Waals surface area (Å²) in [6.07, 6.45) is 3.76. The summed E-state index contributed by atoms with van der Waals surface area (Å²) in [4.78, 5) is 17.1. The van der Waals surface area contributed by atoms with Crippen LogP contribution in [0.2, 0.25) is 0 Å². The maximum atomic E-state index is 12.5. The second-order valence-electron chi connectivity index (χ2n) is 10.9. The Morgan fingerprint density at radius 1 is 0.842 bits per heavy atom. The highest BCUT2D eigenvalue weighted by molar-refractivity contribution is 5.93. The van der Waals surface area contributed by atoms with Gasteiger partial charge in [0.15, 0.2) is 0 Å². The molecule has 0 aromatic heterocycles. The third-order valence-corrected chi connectivity index (χ3v) is 7.43. The van der Waals surface area contributed by atoms with Crippen LogP contribution >= 0.6 is 0 Å². The Hall–Kier alpha value is -3.11. The Morgan fingerprint density at radius 2 is 1.37 bits per heavy atom. The fourth-order valence-corrected chi connectivity index (χ4v) is 5.16. The Balaban J connectivity index is 0.000000260. The number of nitrogens with zero attached hydrogens (tertiary/aromatic N) is 2. The number of hydrogen-bond acceptors (Lipinski definition) is 3. The van der Waals surface area contributed by atoms with Crippen molar-refractivity contribution in [1.29, 1.82) is 0 Å². The molecule has 38 heavy (non-hydrogen) atoms. The van der Waals surface area contributed by atoms with Crippen molar-refractivity contribution >= 4 is 11.6 Å². The van der Waals surface area contributed by atoms with Gasteiger partial charge in [0.05, 0.1) is 0 Å². The van der Waals surface area contributed by atoms with Crippen molar-refractivity contribution in [2.75, 3.05) is 24.5 Å². The van der Waals surface area contributed by atoms with Crippen LogP contribution in [0.1, 0.15) is 82.4 Å². The molecule has 4 rings (SSSR count). The second kappa shape index (κ2) is 14.7. The summed E-state index contributed by atoms with van der Waals surface area (Å²) in [7, 11) is 0. The van der Waals surface area contributed by atoms with Gasteiger partial charge in [0.25, 0.3) is 0 Å². The number of carbonyl (C=O) groups is 1. The Morgan fingerprint density at radius 3 is 1.87 bits per heavy atom. The molecule has 1 fully saturated rings. The molecule has 1 N–H and O–H groups in total. The highest BCUT2D eigenvalue weighted by Crippen LogP contribution is 2.32. The van der Waals surface area contributed by atoms with Crippen molar-refractivity contribution in [1.82, 2.24) is 4.90 Å². The number of piperidine rings is 1. The Labute approximate surface area is 230 Å². The molecule has 4 heteroatoms. The number of phenols is 1. The third-order valence-electron chi connectivity index (χ3n) is 7.43. The van der Waals surface area contributed by atoms with Crippen molar-refractivity contribution in [3.63, 3.8) is 0 Å². The molecule has 4 nitrogen and oxygen atoms in total. The molecule has 1 amide bonds. The summed E-state index contributed by atoms with van der Waals surface area (Å²) in [6.45, 7) is 13.6. The van der Waals surface area contributed by atoms with E-state index in [2.05, 4.69) is 75.1 Å². The number of phenolic OH excluding ortho intramolecular Hbond substituents is 1. The lowest BCUT2D eigenvalue weighted by Crippen LogP contribution is -2.47. The van der Waals surface area contributed by atoms with Gasteiger partial charge in [-0.05, 0) is 59.9 Å². The molecule has 0 atom stereocenters. The second-order valence-corrected chi connectivity index (χ2v) is 10.9. The average molecular weight is 515 g/mol. The van der Waals surface area contributed by atoms with E-state index in [0.717, 1.165) is 55.7 Å². The lowest BCUT2D eigenvalue weighted by atomic mass is 9.94. The number of amides is 1. The van der Waals surface area contributed by atoms with Gasteiger partial charge in [-0.15, -0.1) is 0 Å². The molecule has 1 saturated heterocycles. The molecular weight excluding hydrogens is 468 g/mol. The molecule has 204 valence electrons. The van der Waals surface area contributed by atoms with Crippen LogP contribution in [0.5, 0.6) is 5.75 Å². The maximum absolute atomic E-state index is 12.5. The predicted molar refractivity (Wildman–Crippen MR) is 160 cm³/mol. The van der Waals surface area contributed by atoms with Crippen molar-refractivity contribution < 1.29 is 9.90 Å². The van der Waals surface area contributed by atoms with Crippen molar-refractivity contribution in [2.24, 2.45) is 0 Å². The van der Waals surface area contributed by atoms with E-state index in [1.807, 2.05) is 48.2 Å². The van der Waals surface area contributed by atoms with Crippen LogP contribution < -0.4 is 4.90 Å². The summed E-state index contributed by atoms with van der Waals surface area (Å²) in [5.74, 6) is 1.49. The maximum Gasteiger partial charge on any atom is 0.226 e. The van der Waals surface area contributed by atoms with Crippen LogP contribution in [0.3, 0.4) is 0 Å². The zero-order valence-electron chi connectivity index (χ0n) is 23.9. The number of hydrogen-bond donors (Lipinski definition) is 1. The van der Waals surface area contributed by atoms with Gasteiger partial charge in [-0.25, -0.2) is 0 Å². The number of para-hydroxylation sites is 2. The van der Waals surface area contributed by atoms with Crippen LogP contribution in [-0.4, -0.2) is 41.6 Å². The minimum absolute atomic E-state index is 0.230. The quantitative estimate of drug-likeness (QED) is 0.334. The highest BCUT2D eigenvalue weighted by atomic mass is 16.3. The molecule has 0 aliphatic carbocycles. The van der Waals surface area contributed by atoms with Gasteiger partial charge in [-0.3, -0.25) is 4.79 Å². The zero-order valence-corrected chi connectivity index (χ0v) is 23.9. The molecule has 0 saturated carbocycles. The van der Waals surface area contributed by atoms with Crippen LogP contribution in [-0.2, 0) is 11.2 Å². The first-order chi connectivity index (χ1) is 18.3. The molecule has 3 aromatic rings. The van der Waals surface area contributed by atoms with Crippen LogP contribution in [0.15, 0.2) is 78.9 Å². The minimum atomic E-state index is 0.230. The third kappa shape index (κ3) is 8.19. The predicted octanol–water partition coefficient (Wildman–Crippen LogP) is 7.78. The molecular formula is C34H46N2O2. The Kier molecular flexibility index (Phi) is 11.4. The first kappa shape index (κ1) is 29.4. The molecule has 1 aliphatic rings. The SMILES string of the molecule is CC(C)c1cccc(C(C)C)c1O.CCC(=O)N(c1ccccc1)C1CCN(CCc2ccccc2)CC1. The van der Waals surface area contributed by atoms with Crippen molar-refractivity contribution in [3.8, 4) is 5.75 Å². The number of aromatic hydroxyl groups is 1. The van der Waals surface area contributed by atoms with E-state index in [-0.39, 0.29) is 5.91 Å². The van der Waals surface area contributed by atoms with Gasteiger partial charge in [-0.1, -0.05) is 101 Å². The zero-order chi connectivity index (χ0) is 27.5. The average Bonchev–Trinajstić information content (AvgIpc) is 2.94. The highest BCUT2D eigenvalue weighted by Gasteiger charge is 2.28. The molecule has 1 heterocycles. The summed E-state index contributed by atoms with van der Waals surface area (Å²) in [5, 5.41) is 9.93. The van der Waals surface area contributed by atoms with E-state index in [1.165, 1.54) is 5.56 Å². The van der Waals surface area contributed by atoms with Crippen LogP contribution in [0.4, 0.5) is 5.69 Å². The first-order valence-electron chi connectivity index (χ1n) is 14.3. The number of likely N-dealkylation sites (tertiary alicyclic amines) is 1. The molecule has 0 unspecified atom stereocenters. The monoisotopic (exact) mass is 514 g/mol. The molecule has 0 spiro atoms. The smallest absolute Gasteiger partial charge is 0.226 e. The summed E-state index contributed by atoms with van der Waals surface area (Å²) in [5.41, 5.74) is 4.53. The number of benzene rings is 3. The largest absolute Gasteiger partial charge is 0.507 e. The molecule has 3 aromatic carbocycles. The first-order valence-corrected chi connectivity index (χ1v) is 14.3. The van der Waals surface area contributed by atoms with E-state index in [1.54, 1.807) is 0 Å². The lowest BCUT2D eigenvalue weighted by molar-refractivity contribution is -0.119. The normalized spacial score (nSPS) is 14.3. The number of anilines is 1. The van der Waals surface area contributed by atoms with Gasteiger partial charge in [-0.2, -0.15) is 0 Å². The summed E-state index contributed by atoms with van der Waals surface area (Å²) in [6, 6.07) is 27.1.